The number of azide groups is 1. The molecule has 3 aromatic rings. The van der Waals surface area contributed by atoms with Crippen molar-refractivity contribution in [3.8, 4) is 11.3 Å². The van der Waals surface area contributed by atoms with Gasteiger partial charge in [-0.1, -0.05) is 5.11 Å². The smallest absolute Gasteiger partial charge is 0.146 e. The van der Waals surface area contributed by atoms with E-state index in [-0.39, 0.29) is 6.54 Å². The highest BCUT2D eigenvalue weighted by Gasteiger charge is 2.20. The topological polar surface area (TPSA) is 134 Å². The number of nitrogens with zero attached hydrogens (tertiary/aromatic N) is 7. The molecule has 0 aliphatic rings. The van der Waals surface area contributed by atoms with Gasteiger partial charge in [0, 0.05) is 29.4 Å². The Bertz CT molecular complexity index is 808. The molecule has 0 aliphatic heterocycles. The molecule has 0 fully saturated rings. The lowest BCUT2D eigenvalue weighted by Crippen LogP contribution is -1.97. The minimum Gasteiger partial charge on any atom is -0.383 e. The van der Waals surface area contributed by atoms with Crippen molar-refractivity contribution >= 4 is 16.9 Å². The van der Waals surface area contributed by atoms with Gasteiger partial charge in [-0.2, -0.15) is 5.10 Å². The van der Waals surface area contributed by atoms with Crippen molar-refractivity contribution in [2.75, 3.05) is 5.73 Å². The van der Waals surface area contributed by atoms with Crippen LogP contribution in [0.25, 0.3) is 32.7 Å². The highest BCUT2D eigenvalue weighted by atomic mass is 15.2. The number of hydrogen-bond donors (Lipinski definition) is 2. The second-order valence-electron chi connectivity index (χ2n) is 4.20. The number of fused-ring (bicyclic) bond motifs is 1. The minimum absolute atomic E-state index is 0.192. The number of hydrogen-bond acceptors (Lipinski definition) is 5. The highest BCUT2D eigenvalue weighted by molar-refractivity contribution is 6.01. The van der Waals surface area contributed by atoms with Crippen molar-refractivity contribution in [1.29, 1.82) is 0 Å². The van der Waals surface area contributed by atoms with Crippen LogP contribution >= 0.6 is 0 Å². The number of rotatable bonds is 3. The van der Waals surface area contributed by atoms with Gasteiger partial charge in [0.05, 0.1) is 17.6 Å². The third-order valence-corrected chi connectivity index (χ3v) is 3.17. The molecule has 0 spiro atoms. The lowest BCUT2D eigenvalue weighted by Gasteiger charge is -2.02. The second kappa shape index (κ2) is 4.56. The predicted octanol–water partition coefficient (Wildman–Crippen LogP) is 1.75. The van der Waals surface area contributed by atoms with Crippen molar-refractivity contribution in [2.45, 2.75) is 6.54 Å². The van der Waals surface area contributed by atoms with Gasteiger partial charge in [0.15, 0.2) is 0 Å². The summed E-state index contributed by atoms with van der Waals surface area (Å²) in [7, 11) is 1.84. The summed E-state index contributed by atoms with van der Waals surface area (Å²) in [5.74, 6) is 0.377. The first-order chi connectivity index (χ1) is 9.74. The standard InChI is InChI=1S/C11H11N9/c1-20-7(4-17-19-13)8(6-2-3-16-18-6)9-10(12)14-5-15-11(9)20/h2-3,5H,4H2,1H3,(H,16,18)(H2,12,14,15). The van der Waals surface area contributed by atoms with Gasteiger partial charge >= 0.3 is 0 Å². The maximum atomic E-state index is 8.55. The Morgan fingerprint density at radius 2 is 2.35 bits per heavy atom. The molecule has 3 rings (SSSR count). The quantitative estimate of drug-likeness (QED) is 0.425. The fourth-order valence-electron chi connectivity index (χ4n) is 2.29. The number of nitrogen functional groups attached to an aromatic ring is 1. The number of aryl methyl sites for hydroxylation is 1. The highest BCUT2D eigenvalue weighted by Crippen LogP contribution is 2.35. The van der Waals surface area contributed by atoms with Gasteiger partial charge in [0.2, 0.25) is 0 Å². The maximum Gasteiger partial charge on any atom is 0.146 e. The largest absolute Gasteiger partial charge is 0.383 e. The van der Waals surface area contributed by atoms with Gasteiger partial charge in [0.1, 0.15) is 17.8 Å². The van der Waals surface area contributed by atoms with E-state index in [1.165, 1.54) is 6.33 Å². The van der Waals surface area contributed by atoms with E-state index in [0.717, 1.165) is 22.3 Å². The van der Waals surface area contributed by atoms with Gasteiger partial charge in [-0.05, 0) is 11.6 Å². The molecule has 0 bridgehead atoms. The van der Waals surface area contributed by atoms with Crippen LogP contribution in [0.15, 0.2) is 23.7 Å². The van der Waals surface area contributed by atoms with Crippen molar-refractivity contribution in [3.63, 3.8) is 0 Å². The monoisotopic (exact) mass is 269 g/mol. The third-order valence-electron chi connectivity index (χ3n) is 3.17. The van der Waals surface area contributed by atoms with Crippen molar-refractivity contribution in [3.05, 3.63) is 34.7 Å². The number of H-pyrrole nitrogens is 1. The molecule has 20 heavy (non-hydrogen) atoms. The van der Waals surface area contributed by atoms with E-state index in [1.54, 1.807) is 6.20 Å². The minimum atomic E-state index is 0.192. The maximum absolute atomic E-state index is 8.55. The molecule has 0 unspecified atom stereocenters. The van der Waals surface area contributed by atoms with Crippen LogP contribution in [0.5, 0.6) is 0 Å². The summed E-state index contributed by atoms with van der Waals surface area (Å²) in [6.45, 7) is 0.192. The number of aromatic amines is 1. The molecule has 3 aromatic heterocycles. The molecular formula is C11H11N9. The van der Waals surface area contributed by atoms with Crippen LogP contribution in [-0.4, -0.2) is 24.7 Å². The molecule has 9 nitrogen and oxygen atoms in total. The lowest BCUT2D eigenvalue weighted by atomic mass is 10.1. The van der Waals surface area contributed by atoms with Crippen LogP contribution in [0.3, 0.4) is 0 Å². The summed E-state index contributed by atoms with van der Waals surface area (Å²) >= 11 is 0. The number of anilines is 1. The van der Waals surface area contributed by atoms with Crippen LogP contribution in [0, 0.1) is 0 Å². The van der Waals surface area contributed by atoms with E-state index < -0.39 is 0 Å². The Labute approximate surface area is 113 Å². The summed E-state index contributed by atoms with van der Waals surface area (Å²) in [5.41, 5.74) is 17.6. The normalized spacial score (nSPS) is 10.7. The van der Waals surface area contributed by atoms with Gasteiger partial charge in [-0.15, -0.1) is 0 Å². The zero-order valence-electron chi connectivity index (χ0n) is 10.6. The Morgan fingerprint density at radius 3 is 3.05 bits per heavy atom. The average molecular weight is 269 g/mol. The molecule has 3 heterocycles. The van der Waals surface area contributed by atoms with Gasteiger partial charge < -0.3 is 10.3 Å². The number of nitrogens with one attached hydrogen (secondary N) is 1. The van der Waals surface area contributed by atoms with Gasteiger partial charge in [0.25, 0.3) is 0 Å². The first kappa shape index (κ1) is 12.0. The van der Waals surface area contributed by atoms with E-state index in [1.807, 2.05) is 17.7 Å². The first-order valence-corrected chi connectivity index (χ1v) is 5.82. The number of aromatic nitrogens is 5. The molecule has 0 saturated carbocycles. The van der Waals surface area contributed by atoms with Crippen molar-refractivity contribution in [1.82, 2.24) is 24.7 Å². The molecule has 0 saturated heterocycles. The molecule has 0 atom stereocenters. The van der Waals surface area contributed by atoms with Gasteiger partial charge in [-0.3, -0.25) is 5.10 Å². The van der Waals surface area contributed by atoms with E-state index in [2.05, 4.69) is 30.2 Å². The molecule has 0 amide bonds. The summed E-state index contributed by atoms with van der Waals surface area (Å²) in [6, 6.07) is 1.82. The van der Waals surface area contributed by atoms with Crippen LogP contribution in [0.1, 0.15) is 5.69 Å². The Morgan fingerprint density at radius 1 is 1.50 bits per heavy atom. The summed E-state index contributed by atoms with van der Waals surface area (Å²) < 4.78 is 1.85. The molecule has 3 N–H and O–H groups in total. The third kappa shape index (κ3) is 1.65. The van der Waals surface area contributed by atoms with Crippen LogP contribution in [0.4, 0.5) is 5.82 Å². The van der Waals surface area contributed by atoms with E-state index >= 15 is 0 Å². The molecule has 100 valence electrons. The molecule has 0 radical (unpaired) electrons. The van der Waals surface area contributed by atoms with E-state index in [0.29, 0.717) is 11.5 Å². The Kier molecular flexibility index (Phi) is 2.73. The van der Waals surface area contributed by atoms with Crippen molar-refractivity contribution in [2.24, 2.45) is 12.2 Å². The fourth-order valence-corrected chi connectivity index (χ4v) is 2.29. The molecule has 0 aliphatic carbocycles. The molecule has 9 heteroatoms. The zero-order valence-corrected chi connectivity index (χ0v) is 10.6. The average Bonchev–Trinajstić information content (AvgIpc) is 3.05. The predicted molar refractivity (Wildman–Crippen MR) is 73.4 cm³/mol. The first-order valence-electron chi connectivity index (χ1n) is 5.82. The summed E-state index contributed by atoms with van der Waals surface area (Å²) in [4.78, 5) is 11.1. The summed E-state index contributed by atoms with van der Waals surface area (Å²) in [5, 5.41) is 11.2. The van der Waals surface area contributed by atoms with Crippen molar-refractivity contribution < 1.29 is 0 Å². The molecular weight excluding hydrogens is 258 g/mol. The van der Waals surface area contributed by atoms with Crippen LogP contribution < -0.4 is 5.73 Å². The van der Waals surface area contributed by atoms with Gasteiger partial charge in [-0.25, -0.2) is 9.97 Å². The SMILES string of the molecule is Cn1c(CN=[N+]=[N-])c(-c2ccn[nH]2)c2c(N)ncnc21. The lowest BCUT2D eigenvalue weighted by molar-refractivity contribution is 0.835. The number of nitrogens with two attached hydrogens (primary N) is 1. The fraction of sp³-hybridized carbons (Fsp3) is 0.182. The Hall–Kier alpha value is -3.06. The zero-order chi connectivity index (χ0) is 14.1. The Balaban J connectivity index is 2.41. The summed E-state index contributed by atoms with van der Waals surface area (Å²) in [6.07, 6.45) is 3.05. The molecule has 0 aromatic carbocycles. The second-order valence-corrected chi connectivity index (χ2v) is 4.20. The van der Waals surface area contributed by atoms with E-state index in [9.17, 15) is 0 Å². The van der Waals surface area contributed by atoms with Crippen LogP contribution in [-0.2, 0) is 13.6 Å². The van der Waals surface area contributed by atoms with Crippen LogP contribution in [0.2, 0.25) is 0 Å². The van der Waals surface area contributed by atoms with E-state index in [4.69, 9.17) is 11.3 Å².